The van der Waals surface area contributed by atoms with Crippen molar-refractivity contribution in [3.05, 3.63) is 45.9 Å². The van der Waals surface area contributed by atoms with E-state index in [9.17, 15) is 4.79 Å². The number of hydrogen-bond donors (Lipinski definition) is 2. The average molecular weight is 247 g/mol. The van der Waals surface area contributed by atoms with Gasteiger partial charge in [-0.05, 0) is 37.6 Å². The fourth-order valence-corrected chi connectivity index (χ4v) is 2.55. The van der Waals surface area contributed by atoms with E-state index in [1.807, 2.05) is 25.1 Å². The molecule has 5 heteroatoms. The minimum atomic E-state index is -0.138. The van der Waals surface area contributed by atoms with Gasteiger partial charge in [-0.15, -0.1) is 0 Å². The highest BCUT2D eigenvalue weighted by Gasteiger charge is 2.03. The van der Waals surface area contributed by atoms with Gasteiger partial charge in [0.1, 0.15) is 0 Å². The summed E-state index contributed by atoms with van der Waals surface area (Å²) in [4.78, 5) is 19.2. The third-order valence-corrected chi connectivity index (χ3v) is 2.99. The van der Waals surface area contributed by atoms with Gasteiger partial charge in [0.05, 0.1) is 0 Å². The molecule has 0 aliphatic carbocycles. The molecule has 2 aromatic rings. The van der Waals surface area contributed by atoms with Crippen molar-refractivity contribution in [2.24, 2.45) is 0 Å². The first kappa shape index (κ1) is 11.7. The van der Waals surface area contributed by atoms with Gasteiger partial charge in [0.2, 0.25) is 0 Å². The molecule has 0 unspecified atom stereocenters. The summed E-state index contributed by atoms with van der Waals surface area (Å²) in [6, 6.07) is 7.23. The standard InChI is InChI=1S/C12H13N3OS/c1-7-3-9(13)6-10(4-7)17-12-14-8(2)5-11(16)15-12/h3-6H,13H2,1-2H3,(H,14,15,16). The second-order valence-corrected chi connectivity index (χ2v) is 4.94. The molecule has 1 aromatic heterocycles. The zero-order valence-electron chi connectivity index (χ0n) is 9.65. The molecule has 0 atom stereocenters. The average Bonchev–Trinajstić information content (AvgIpc) is 2.13. The Bertz CT molecular complexity index is 587. The van der Waals surface area contributed by atoms with Crippen LogP contribution in [0.5, 0.6) is 0 Å². The van der Waals surface area contributed by atoms with Crippen molar-refractivity contribution in [3.8, 4) is 0 Å². The Morgan fingerprint density at radius 3 is 2.65 bits per heavy atom. The Balaban J connectivity index is 2.34. The van der Waals surface area contributed by atoms with Gasteiger partial charge in [0.15, 0.2) is 5.16 Å². The van der Waals surface area contributed by atoms with Crippen LogP contribution in [-0.2, 0) is 0 Å². The molecule has 4 nitrogen and oxygen atoms in total. The predicted octanol–water partition coefficient (Wildman–Crippen LogP) is 2.12. The molecule has 88 valence electrons. The summed E-state index contributed by atoms with van der Waals surface area (Å²) in [6.45, 7) is 3.77. The Labute approximate surface area is 103 Å². The van der Waals surface area contributed by atoms with Gasteiger partial charge >= 0.3 is 0 Å². The Kier molecular flexibility index (Phi) is 3.19. The maximum Gasteiger partial charge on any atom is 0.251 e. The monoisotopic (exact) mass is 247 g/mol. The Morgan fingerprint density at radius 2 is 2.00 bits per heavy atom. The number of aromatic nitrogens is 2. The zero-order chi connectivity index (χ0) is 12.4. The molecule has 0 fully saturated rings. The van der Waals surface area contributed by atoms with Crippen molar-refractivity contribution in [3.63, 3.8) is 0 Å². The molecule has 0 saturated heterocycles. The lowest BCUT2D eigenvalue weighted by atomic mass is 10.2. The van der Waals surface area contributed by atoms with Crippen LogP contribution in [-0.4, -0.2) is 9.97 Å². The van der Waals surface area contributed by atoms with Crippen molar-refractivity contribution in [2.45, 2.75) is 23.9 Å². The highest BCUT2D eigenvalue weighted by molar-refractivity contribution is 7.99. The van der Waals surface area contributed by atoms with E-state index in [4.69, 9.17) is 5.73 Å². The van der Waals surface area contributed by atoms with Crippen molar-refractivity contribution in [2.75, 3.05) is 5.73 Å². The highest BCUT2D eigenvalue weighted by atomic mass is 32.2. The van der Waals surface area contributed by atoms with Crippen LogP contribution in [0.3, 0.4) is 0 Å². The van der Waals surface area contributed by atoms with Crippen LogP contribution in [0, 0.1) is 13.8 Å². The van der Waals surface area contributed by atoms with Crippen LogP contribution in [0.4, 0.5) is 5.69 Å². The largest absolute Gasteiger partial charge is 0.399 e. The SMILES string of the molecule is Cc1cc(N)cc(Sc2nc(C)cc(=O)[nH]2)c1. The Morgan fingerprint density at radius 1 is 1.24 bits per heavy atom. The van der Waals surface area contributed by atoms with E-state index >= 15 is 0 Å². The van der Waals surface area contributed by atoms with Gasteiger partial charge < -0.3 is 10.7 Å². The number of aryl methyl sites for hydroxylation is 2. The second kappa shape index (κ2) is 4.63. The minimum Gasteiger partial charge on any atom is -0.399 e. The van der Waals surface area contributed by atoms with Gasteiger partial charge in [0, 0.05) is 22.3 Å². The summed E-state index contributed by atoms with van der Waals surface area (Å²) in [6.07, 6.45) is 0. The smallest absolute Gasteiger partial charge is 0.251 e. The number of nitrogen functional groups attached to an aromatic ring is 1. The van der Waals surface area contributed by atoms with E-state index in [2.05, 4.69) is 9.97 Å². The van der Waals surface area contributed by atoms with Crippen molar-refractivity contribution in [1.29, 1.82) is 0 Å². The van der Waals surface area contributed by atoms with Gasteiger partial charge in [-0.3, -0.25) is 4.79 Å². The maximum absolute atomic E-state index is 11.3. The van der Waals surface area contributed by atoms with Gasteiger partial charge in [-0.25, -0.2) is 4.98 Å². The van der Waals surface area contributed by atoms with Crippen molar-refractivity contribution < 1.29 is 0 Å². The number of nitrogens with one attached hydrogen (secondary N) is 1. The third kappa shape index (κ3) is 3.10. The molecule has 0 saturated carbocycles. The summed E-state index contributed by atoms with van der Waals surface area (Å²) in [7, 11) is 0. The van der Waals surface area contributed by atoms with Crippen LogP contribution in [0.25, 0.3) is 0 Å². The summed E-state index contributed by atoms with van der Waals surface area (Å²) >= 11 is 1.40. The van der Waals surface area contributed by atoms with Crippen LogP contribution in [0.2, 0.25) is 0 Å². The molecule has 0 aliphatic rings. The number of hydrogen-bond acceptors (Lipinski definition) is 4. The first-order valence-corrected chi connectivity index (χ1v) is 5.97. The van der Waals surface area contributed by atoms with E-state index in [1.165, 1.54) is 17.8 Å². The lowest BCUT2D eigenvalue weighted by molar-refractivity contribution is 0.905. The molecule has 3 N–H and O–H groups in total. The molecule has 0 spiro atoms. The normalized spacial score (nSPS) is 10.5. The van der Waals surface area contributed by atoms with Crippen LogP contribution in [0.1, 0.15) is 11.3 Å². The molecule has 2 rings (SSSR count). The molecular weight excluding hydrogens is 234 g/mol. The molecule has 0 bridgehead atoms. The fourth-order valence-electron chi connectivity index (χ4n) is 1.55. The van der Waals surface area contributed by atoms with Gasteiger partial charge in [-0.2, -0.15) is 0 Å². The van der Waals surface area contributed by atoms with E-state index in [1.54, 1.807) is 6.92 Å². The summed E-state index contributed by atoms with van der Waals surface area (Å²) in [5, 5.41) is 0.583. The number of rotatable bonds is 2. The maximum atomic E-state index is 11.3. The lowest BCUT2D eigenvalue weighted by Crippen LogP contribution is -2.07. The van der Waals surface area contributed by atoms with Gasteiger partial charge in [-0.1, -0.05) is 11.8 Å². The van der Waals surface area contributed by atoms with E-state index in [-0.39, 0.29) is 5.56 Å². The first-order valence-electron chi connectivity index (χ1n) is 5.16. The first-order chi connectivity index (χ1) is 8.02. The molecule has 0 radical (unpaired) electrons. The van der Waals surface area contributed by atoms with Gasteiger partial charge in [0.25, 0.3) is 5.56 Å². The zero-order valence-corrected chi connectivity index (χ0v) is 10.5. The number of nitrogens with two attached hydrogens (primary N) is 1. The summed E-state index contributed by atoms with van der Waals surface area (Å²) in [5.41, 5.74) is 8.13. The quantitative estimate of drug-likeness (QED) is 0.630. The minimum absolute atomic E-state index is 0.138. The predicted molar refractivity (Wildman–Crippen MR) is 69.3 cm³/mol. The molecule has 1 aromatic carbocycles. The van der Waals surface area contributed by atoms with E-state index < -0.39 is 0 Å². The number of anilines is 1. The Hall–Kier alpha value is -1.75. The van der Waals surface area contributed by atoms with Crippen LogP contribution < -0.4 is 11.3 Å². The second-order valence-electron chi connectivity index (χ2n) is 3.87. The number of aromatic amines is 1. The van der Waals surface area contributed by atoms with Crippen LogP contribution >= 0.6 is 11.8 Å². The molecular formula is C12H13N3OS. The van der Waals surface area contributed by atoms with Crippen LogP contribution in [0.15, 0.2) is 39.1 Å². The fraction of sp³-hybridized carbons (Fsp3) is 0.167. The van der Waals surface area contributed by atoms with E-state index in [0.29, 0.717) is 16.5 Å². The van der Waals surface area contributed by atoms with E-state index in [0.717, 1.165) is 10.5 Å². The molecule has 17 heavy (non-hydrogen) atoms. The molecule has 0 amide bonds. The summed E-state index contributed by atoms with van der Waals surface area (Å²) < 4.78 is 0. The lowest BCUT2D eigenvalue weighted by Gasteiger charge is -2.04. The van der Waals surface area contributed by atoms with Crippen molar-refractivity contribution >= 4 is 17.4 Å². The number of benzene rings is 1. The van der Waals surface area contributed by atoms with Crippen molar-refractivity contribution in [1.82, 2.24) is 9.97 Å². The summed E-state index contributed by atoms with van der Waals surface area (Å²) in [5.74, 6) is 0. The topological polar surface area (TPSA) is 71.8 Å². The highest BCUT2D eigenvalue weighted by Crippen LogP contribution is 2.26. The molecule has 0 aliphatic heterocycles. The molecule has 1 heterocycles. The third-order valence-electron chi connectivity index (χ3n) is 2.14. The number of nitrogens with zero attached hydrogens (tertiary/aromatic N) is 1. The number of H-pyrrole nitrogens is 1.